The Hall–Kier alpha value is -1.55. The number of carbonyl (C=O) groups excluding carboxylic acids is 1. The normalized spacial score (nSPS) is 20.1. The zero-order chi connectivity index (χ0) is 12.1. The van der Waals surface area contributed by atoms with E-state index in [0.717, 1.165) is 24.9 Å². The molecular weight excluding hydrogens is 216 g/mol. The standard InChI is InChI=1S/C13H18N2O2/c14-12-7-4-8-15(9-12)13(16)17-10-11-5-2-1-3-6-11/h1-3,5-6,12H,4,7-10,14H2/p+1/t12-/m1/s1. The van der Waals surface area contributed by atoms with Gasteiger partial charge in [0.1, 0.15) is 12.6 Å². The summed E-state index contributed by atoms with van der Waals surface area (Å²) in [7, 11) is 0. The van der Waals surface area contributed by atoms with Crippen molar-refractivity contribution < 1.29 is 15.3 Å². The Kier molecular flexibility index (Phi) is 3.98. The van der Waals surface area contributed by atoms with Gasteiger partial charge in [-0.05, 0) is 12.0 Å². The molecule has 1 heterocycles. The predicted molar refractivity (Wildman–Crippen MR) is 64.1 cm³/mol. The van der Waals surface area contributed by atoms with Gasteiger partial charge in [-0.1, -0.05) is 30.3 Å². The van der Waals surface area contributed by atoms with Crippen molar-refractivity contribution >= 4 is 6.09 Å². The number of hydrogen-bond donors (Lipinski definition) is 1. The van der Waals surface area contributed by atoms with Crippen LogP contribution in [0.25, 0.3) is 0 Å². The highest BCUT2D eigenvalue weighted by Crippen LogP contribution is 2.09. The number of carbonyl (C=O) groups is 1. The molecule has 1 aromatic carbocycles. The van der Waals surface area contributed by atoms with Crippen molar-refractivity contribution in [2.24, 2.45) is 0 Å². The van der Waals surface area contributed by atoms with Crippen molar-refractivity contribution in [3.8, 4) is 0 Å². The molecule has 1 saturated heterocycles. The van der Waals surface area contributed by atoms with Crippen LogP contribution in [-0.2, 0) is 11.3 Å². The lowest BCUT2D eigenvalue weighted by Gasteiger charge is -2.28. The van der Waals surface area contributed by atoms with Crippen LogP contribution in [0.4, 0.5) is 4.79 Å². The van der Waals surface area contributed by atoms with Crippen LogP contribution in [0.3, 0.4) is 0 Å². The molecule has 1 aromatic rings. The molecule has 1 aliphatic heterocycles. The average Bonchev–Trinajstić information content (AvgIpc) is 2.37. The van der Waals surface area contributed by atoms with Crippen molar-refractivity contribution in [3.63, 3.8) is 0 Å². The first-order valence-electron chi connectivity index (χ1n) is 6.04. The smallest absolute Gasteiger partial charge is 0.410 e. The van der Waals surface area contributed by atoms with Gasteiger partial charge >= 0.3 is 6.09 Å². The molecule has 0 saturated carbocycles. The molecule has 0 radical (unpaired) electrons. The van der Waals surface area contributed by atoms with Crippen LogP contribution in [0.2, 0.25) is 0 Å². The summed E-state index contributed by atoms with van der Waals surface area (Å²) in [6, 6.07) is 10.1. The second kappa shape index (κ2) is 5.68. The fourth-order valence-corrected chi connectivity index (χ4v) is 2.04. The van der Waals surface area contributed by atoms with E-state index in [0.29, 0.717) is 19.2 Å². The number of nitrogens with zero attached hydrogens (tertiary/aromatic N) is 1. The zero-order valence-corrected chi connectivity index (χ0v) is 9.97. The van der Waals surface area contributed by atoms with Crippen molar-refractivity contribution in [2.45, 2.75) is 25.5 Å². The van der Waals surface area contributed by atoms with E-state index in [2.05, 4.69) is 5.73 Å². The fraction of sp³-hybridized carbons (Fsp3) is 0.462. The molecule has 1 fully saturated rings. The monoisotopic (exact) mass is 235 g/mol. The number of piperidine rings is 1. The van der Waals surface area contributed by atoms with Gasteiger partial charge in [-0.3, -0.25) is 0 Å². The summed E-state index contributed by atoms with van der Waals surface area (Å²) in [5.74, 6) is 0. The summed E-state index contributed by atoms with van der Waals surface area (Å²) >= 11 is 0. The molecule has 3 N–H and O–H groups in total. The second-order valence-electron chi connectivity index (χ2n) is 4.49. The van der Waals surface area contributed by atoms with E-state index in [4.69, 9.17) is 4.74 Å². The van der Waals surface area contributed by atoms with Crippen molar-refractivity contribution in [1.82, 2.24) is 4.90 Å². The molecule has 1 atom stereocenters. The third-order valence-corrected chi connectivity index (χ3v) is 2.98. The SMILES string of the molecule is [NH3+][C@@H]1CCCN(C(=O)OCc2ccccc2)C1. The van der Waals surface area contributed by atoms with Gasteiger partial charge in [-0.25, -0.2) is 4.79 Å². The molecule has 1 amide bonds. The molecule has 0 bridgehead atoms. The van der Waals surface area contributed by atoms with Crippen LogP contribution in [0, 0.1) is 0 Å². The third kappa shape index (κ3) is 3.46. The lowest BCUT2D eigenvalue weighted by atomic mass is 10.1. The number of hydrogen-bond acceptors (Lipinski definition) is 2. The van der Waals surface area contributed by atoms with Gasteiger partial charge in [-0.15, -0.1) is 0 Å². The molecule has 0 unspecified atom stereocenters. The molecular formula is C13H19N2O2+. The van der Waals surface area contributed by atoms with Crippen LogP contribution in [-0.4, -0.2) is 30.1 Å². The van der Waals surface area contributed by atoms with Crippen LogP contribution in [0.1, 0.15) is 18.4 Å². The van der Waals surface area contributed by atoms with E-state index < -0.39 is 0 Å². The molecule has 4 heteroatoms. The number of amides is 1. The first-order valence-corrected chi connectivity index (χ1v) is 6.04. The van der Waals surface area contributed by atoms with E-state index in [1.54, 1.807) is 4.90 Å². The molecule has 17 heavy (non-hydrogen) atoms. The van der Waals surface area contributed by atoms with Gasteiger partial charge in [0.25, 0.3) is 0 Å². The van der Waals surface area contributed by atoms with Crippen LogP contribution < -0.4 is 5.73 Å². The van der Waals surface area contributed by atoms with Crippen LogP contribution in [0.5, 0.6) is 0 Å². The largest absolute Gasteiger partial charge is 0.445 e. The topological polar surface area (TPSA) is 57.2 Å². The first-order chi connectivity index (χ1) is 8.25. The number of rotatable bonds is 2. The van der Waals surface area contributed by atoms with Crippen LogP contribution in [0.15, 0.2) is 30.3 Å². The summed E-state index contributed by atoms with van der Waals surface area (Å²) in [6.45, 7) is 1.85. The molecule has 4 nitrogen and oxygen atoms in total. The molecule has 92 valence electrons. The Labute approximate surface area is 101 Å². The lowest BCUT2D eigenvalue weighted by molar-refractivity contribution is -0.425. The maximum Gasteiger partial charge on any atom is 0.410 e. The summed E-state index contributed by atoms with van der Waals surface area (Å²) in [6.07, 6.45) is 1.90. The minimum atomic E-state index is -0.220. The maximum atomic E-state index is 11.8. The molecule has 0 aliphatic carbocycles. The molecule has 0 aromatic heterocycles. The maximum absolute atomic E-state index is 11.8. The molecule has 2 rings (SSSR count). The van der Waals surface area contributed by atoms with Crippen molar-refractivity contribution in [3.05, 3.63) is 35.9 Å². The fourth-order valence-electron chi connectivity index (χ4n) is 2.04. The Morgan fingerprint density at radius 3 is 2.88 bits per heavy atom. The van der Waals surface area contributed by atoms with Crippen molar-refractivity contribution in [1.29, 1.82) is 0 Å². The lowest BCUT2D eigenvalue weighted by Crippen LogP contribution is -2.67. The predicted octanol–water partition coefficient (Wildman–Crippen LogP) is 1.03. The van der Waals surface area contributed by atoms with Gasteiger partial charge in [0, 0.05) is 13.0 Å². The first kappa shape index (κ1) is 11.9. The minimum absolute atomic E-state index is 0.220. The highest BCUT2D eigenvalue weighted by atomic mass is 16.6. The van der Waals surface area contributed by atoms with E-state index in [9.17, 15) is 4.79 Å². The van der Waals surface area contributed by atoms with E-state index in [1.165, 1.54) is 0 Å². The Bertz CT molecular complexity index is 367. The molecule has 1 aliphatic rings. The van der Waals surface area contributed by atoms with E-state index in [1.807, 2.05) is 30.3 Å². The van der Waals surface area contributed by atoms with E-state index in [-0.39, 0.29) is 6.09 Å². The second-order valence-corrected chi connectivity index (χ2v) is 4.49. The summed E-state index contributed by atoms with van der Waals surface area (Å²) in [5.41, 5.74) is 5.02. The number of ether oxygens (including phenoxy) is 1. The zero-order valence-electron chi connectivity index (χ0n) is 9.97. The number of quaternary nitrogens is 1. The van der Waals surface area contributed by atoms with Gasteiger partial charge in [-0.2, -0.15) is 0 Å². The summed E-state index contributed by atoms with van der Waals surface area (Å²) < 4.78 is 5.28. The summed E-state index contributed by atoms with van der Waals surface area (Å²) in [4.78, 5) is 13.5. The number of benzene rings is 1. The minimum Gasteiger partial charge on any atom is -0.445 e. The highest BCUT2D eigenvalue weighted by molar-refractivity contribution is 5.67. The highest BCUT2D eigenvalue weighted by Gasteiger charge is 2.24. The van der Waals surface area contributed by atoms with Gasteiger partial charge in [0.15, 0.2) is 0 Å². The Balaban J connectivity index is 1.81. The number of likely N-dealkylation sites (tertiary alicyclic amines) is 1. The molecule has 0 spiro atoms. The van der Waals surface area contributed by atoms with Crippen molar-refractivity contribution in [2.75, 3.05) is 13.1 Å². The summed E-state index contributed by atoms with van der Waals surface area (Å²) in [5, 5.41) is 0. The third-order valence-electron chi connectivity index (χ3n) is 2.98. The van der Waals surface area contributed by atoms with Gasteiger partial charge in [0.2, 0.25) is 0 Å². The van der Waals surface area contributed by atoms with E-state index >= 15 is 0 Å². The van der Waals surface area contributed by atoms with Crippen LogP contribution >= 0.6 is 0 Å². The van der Waals surface area contributed by atoms with Gasteiger partial charge < -0.3 is 15.4 Å². The average molecular weight is 235 g/mol. The van der Waals surface area contributed by atoms with Gasteiger partial charge in [0.05, 0.1) is 6.54 Å². The Morgan fingerprint density at radius 1 is 1.41 bits per heavy atom. The Morgan fingerprint density at radius 2 is 2.18 bits per heavy atom. The quantitative estimate of drug-likeness (QED) is 0.832.